The number of carbonyl (C=O) groups excluding carboxylic acids is 1. The molecule has 0 radical (unpaired) electrons. The van der Waals surface area contributed by atoms with E-state index >= 15 is 0 Å². The molecule has 0 bridgehead atoms. The van der Waals surface area contributed by atoms with Crippen LogP contribution in [0.5, 0.6) is 0 Å². The van der Waals surface area contributed by atoms with E-state index in [1.165, 1.54) is 0 Å². The number of nitrogens with zero attached hydrogens (tertiary/aromatic N) is 2. The SMILES string of the molecule is C[C@@]1(C(=O)NCc2n[nH]c(=S)n2C2CC2)CC1(Cl)Cl. The van der Waals surface area contributed by atoms with Crippen molar-refractivity contribution < 1.29 is 4.79 Å². The molecule has 0 spiro atoms. The lowest BCUT2D eigenvalue weighted by Crippen LogP contribution is -2.33. The number of H-pyrrole nitrogens is 1. The Balaban J connectivity index is 1.67. The first-order valence-electron chi connectivity index (χ1n) is 6.17. The predicted octanol–water partition coefficient (Wildman–Crippen LogP) is 2.48. The molecule has 5 nitrogen and oxygen atoms in total. The Kier molecular flexibility index (Phi) is 2.96. The van der Waals surface area contributed by atoms with Gasteiger partial charge in [-0.05, 0) is 38.4 Å². The van der Waals surface area contributed by atoms with Gasteiger partial charge >= 0.3 is 0 Å². The molecule has 3 rings (SSSR count). The third kappa shape index (κ3) is 2.19. The quantitative estimate of drug-likeness (QED) is 0.661. The molecule has 1 aromatic rings. The summed E-state index contributed by atoms with van der Waals surface area (Å²) in [6, 6.07) is 0.426. The van der Waals surface area contributed by atoms with E-state index < -0.39 is 9.75 Å². The number of halogens is 2. The van der Waals surface area contributed by atoms with Crippen molar-refractivity contribution in [3.63, 3.8) is 0 Å². The van der Waals surface area contributed by atoms with E-state index in [1.54, 1.807) is 6.92 Å². The van der Waals surface area contributed by atoms with Gasteiger partial charge < -0.3 is 5.32 Å². The number of hydrogen-bond donors (Lipinski definition) is 2. The number of hydrogen-bond acceptors (Lipinski definition) is 3. The summed E-state index contributed by atoms with van der Waals surface area (Å²) in [7, 11) is 0. The highest BCUT2D eigenvalue weighted by Gasteiger charge is 2.67. The highest BCUT2D eigenvalue weighted by molar-refractivity contribution is 7.71. The maximum atomic E-state index is 12.1. The molecular weight excluding hydrogens is 307 g/mol. The first-order valence-corrected chi connectivity index (χ1v) is 7.33. The summed E-state index contributed by atoms with van der Waals surface area (Å²) in [5, 5.41) is 9.75. The number of nitrogens with one attached hydrogen (secondary N) is 2. The minimum absolute atomic E-state index is 0.145. The summed E-state index contributed by atoms with van der Waals surface area (Å²) in [4.78, 5) is 12.1. The second-order valence-electron chi connectivity index (χ2n) is 5.44. The van der Waals surface area contributed by atoms with Crippen LogP contribution in [0, 0.1) is 10.2 Å². The largest absolute Gasteiger partial charge is 0.348 e. The molecule has 8 heteroatoms. The van der Waals surface area contributed by atoms with Gasteiger partial charge in [0.1, 0.15) is 4.33 Å². The molecule has 104 valence electrons. The Morgan fingerprint density at radius 3 is 2.79 bits per heavy atom. The van der Waals surface area contributed by atoms with Crippen molar-refractivity contribution in [1.29, 1.82) is 0 Å². The zero-order chi connectivity index (χ0) is 13.8. The van der Waals surface area contributed by atoms with Crippen molar-refractivity contribution >= 4 is 41.3 Å². The van der Waals surface area contributed by atoms with E-state index in [-0.39, 0.29) is 5.91 Å². The van der Waals surface area contributed by atoms with Gasteiger partial charge in [0, 0.05) is 6.04 Å². The summed E-state index contributed by atoms with van der Waals surface area (Å²) in [5.74, 6) is 0.605. The second-order valence-corrected chi connectivity index (χ2v) is 7.31. The second kappa shape index (κ2) is 4.20. The number of amides is 1. The number of carbonyl (C=O) groups is 1. The summed E-state index contributed by atoms with van der Waals surface area (Å²) < 4.78 is 1.63. The first kappa shape index (κ1) is 13.4. The monoisotopic (exact) mass is 320 g/mol. The van der Waals surface area contributed by atoms with Gasteiger partial charge in [-0.3, -0.25) is 14.5 Å². The van der Waals surface area contributed by atoms with Crippen LogP contribution >= 0.6 is 35.4 Å². The third-order valence-corrected chi connectivity index (χ3v) is 5.25. The Labute approximate surface area is 125 Å². The van der Waals surface area contributed by atoms with E-state index in [0.717, 1.165) is 18.7 Å². The maximum Gasteiger partial charge on any atom is 0.229 e. The van der Waals surface area contributed by atoms with Crippen LogP contribution in [-0.4, -0.2) is 25.0 Å². The fraction of sp³-hybridized carbons (Fsp3) is 0.727. The van der Waals surface area contributed by atoms with Crippen LogP contribution in [0.4, 0.5) is 0 Å². The van der Waals surface area contributed by atoms with Crippen molar-refractivity contribution in [2.75, 3.05) is 0 Å². The van der Waals surface area contributed by atoms with Crippen LogP contribution in [0.15, 0.2) is 0 Å². The van der Waals surface area contributed by atoms with Gasteiger partial charge in [0.15, 0.2) is 10.6 Å². The fourth-order valence-electron chi connectivity index (χ4n) is 2.17. The Morgan fingerprint density at radius 1 is 1.63 bits per heavy atom. The Hall–Kier alpha value is -0.590. The molecule has 2 aliphatic carbocycles. The van der Waals surface area contributed by atoms with Crippen molar-refractivity contribution in [1.82, 2.24) is 20.1 Å². The standard InChI is InChI=1S/C11H14Cl2N4OS/c1-10(5-11(10,12)13)8(18)14-4-7-15-16-9(19)17(7)6-2-3-6/h6H,2-5H2,1H3,(H,14,18)(H,16,19)/t10-/m0/s1. The highest BCUT2D eigenvalue weighted by Crippen LogP contribution is 2.63. The Morgan fingerprint density at radius 2 is 2.26 bits per heavy atom. The Bertz CT molecular complexity index is 592. The molecule has 0 aliphatic heterocycles. The molecule has 1 amide bonds. The number of aromatic nitrogens is 3. The topological polar surface area (TPSA) is 62.7 Å². The van der Waals surface area contributed by atoms with Crippen molar-refractivity contribution in [2.45, 2.75) is 43.1 Å². The normalized spacial score (nSPS) is 28.2. The predicted molar refractivity (Wildman–Crippen MR) is 74.7 cm³/mol. The summed E-state index contributed by atoms with van der Waals surface area (Å²) >= 11 is 17.1. The van der Waals surface area contributed by atoms with Crippen LogP contribution in [0.25, 0.3) is 0 Å². The van der Waals surface area contributed by atoms with Crippen LogP contribution in [-0.2, 0) is 11.3 Å². The lowest BCUT2D eigenvalue weighted by Gasteiger charge is -2.12. The molecule has 19 heavy (non-hydrogen) atoms. The zero-order valence-electron chi connectivity index (χ0n) is 10.4. The van der Waals surface area contributed by atoms with E-state index in [1.807, 2.05) is 4.57 Å². The average Bonchev–Trinajstić information content (AvgIpc) is 3.20. The average molecular weight is 321 g/mol. The number of alkyl halides is 2. The van der Waals surface area contributed by atoms with Gasteiger partial charge in [-0.15, -0.1) is 23.2 Å². The minimum Gasteiger partial charge on any atom is -0.348 e. The maximum absolute atomic E-state index is 12.1. The molecule has 2 saturated carbocycles. The van der Waals surface area contributed by atoms with Crippen LogP contribution in [0.1, 0.15) is 38.1 Å². The molecule has 2 fully saturated rings. The molecule has 1 aromatic heterocycles. The molecule has 2 aliphatic rings. The van der Waals surface area contributed by atoms with Gasteiger partial charge in [0.05, 0.1) is 12.0 Å². The first-order chi connectivity index (χ1) is 8.85. The van der Waals surface area contributed by atoms with Gasteiger partial charge in [-0.25, -0.2) is 0 Å². The van der Waals surface area contributed by atoms with Crippen molar-refractivity contribution in [3.05, 3.63) is 10.6 Å². The molecular formula is C11H14Cl2N4OS. The summed E-state index contributed by atoms with van der Waals surface area (Å²) in [6.07, 6.45) is 2.70. The van der Waals surface area contributed by atoms with E-state index in [9.17, 15) is 4.79 Å². The van der Waals surface area contributed by atoms with Crippen molar-refractivity contribution in [2.24, 2.45) is 5.41 Å². The lowest BCUT2D eigenvalue weighted by atomic mass is 10.1. The minimum atomic E-state index is -0.946. The fourth-order valence-corrected chi connectivity index (χ4v) is 3.18. The lowest BCUT2D eigenvalue weighted by molar-refractivity contribution is -0.126. The van der Waals surface area contributed by atoms with Gasteiger partial charge in [-0.1, -0.05) is 0 Å². The van der Waals surface area contributed by atoms with Crippen LogP contribution < -0.4 is 5.32 Å². The van der Waals surface area contributed by atoms with Gasteiger partial charge in [0.2, 0.25) is 5.91 Å². The molecule has 2 N–H and O–H groups in total. The van der Waals surface area contributed by atoms with Crippen molar-refractivity contribution in [3.8, 4) is 0 Å². The smallest absolute Gasteiger partial charge is 0.229 e. The number of aromatic amines is 1. The van der Waals surface area contributed by atoms with E-state index in [0.29, 0.717) is 23.8 Å². The van der Waals surface area contributed by atoms with Gasteiger partial charge in [0.25, 0.3) is 0 Å². The zero-order valence-corrected chi connectivity index (χ0v) is 12.7. The van der Waals surface area contributed by atoms with Gasteiger partial charge in [-0.2, -0.15) is 5.10 Å². The van der Waals surface area contributed by atoms with Crippen LogP contribution in [0.3, 0.4) is 0 Å². The molecule has 0 unspecified atom stereocenters. The molecule has 1 atom stereocenters. The highest BCUT2D eigenvalue weighted by atomic mass is 35.5. The molecule has 1 heterocycles. The molecule has 0 saturated heterocycles. The van der Waals surface area contributed by atoms with E-state index in [2.05, 4.69) is 15.5 Å². The van der Waals surface area contributed by atoms with E-state index in [4.69, 9.17) is 35.4 Å². The van der Waals surface area contributed by atoms with Crippen LogP contribution in [0.2, 0.25) is 0 Å². The summed E-state index contributed by atoms with van der Waals surface area (Å²) in [5.41, 5.74) is -0.701. The molecule has 0 aromatic carbocycles. The summed E-state index contributed by atoms with van der Waals surface area (Å²) in [6.45, 7) is 2.10. The third-order valence-electron chi connectivity index (χ3n) is 3.86. The number of rotatable bonds is 4.